The normalized spacial score (nSPS) is 12.2. The number of benzene rings is 1. The molecular weight excluding hydrogens is 214 g/mol. The van der Waals surface area contributed by atoms with Gasteiger partial charge in [0.2, 0.25) is 0 Å². The van der Waals surface area contributed by atoms with Crippen LogP contribution in [0.5, 0.6) is 0 Å². The Bertz CT molecular complexity index is 341. The van der Waals surface area contributed by atoms with Gasteiger partial charge in [-0.05, 0) is 18.6 Å². The summed E-state index contributed by atoms with van der Waals surface area (Å²) in [5.74, 6) is -0.301. The van der Waals surface area contributed by atoms with Crippen LogP contribution < -0.4 is 5.73 Å². The van der Waals surface area contributed by atoms with Crippen LogP contribution in [0.2, 0.25) is 5.02 Å². The van der Waals surface area contributed by atoms with Crippen LogP contribution in [0.25, 0.3) is 0 Å². The zero-order chi connectivity index (χ0) is 11.3. The molecule has 0 aliphatic carbocycles. The second-order valence-corrected chi connectivity index (χ2v) is 3.54. The fraction of sp³-hybridized carbons (Fsp3) is 0.364. The molecule has 3 nitrogen and oxygen atoms in total. The summed E-state index contributed by atoms with van der Waals surface area (Å²) in [6.45, 7) is 2.13. The number of esters is 1. The standard InChI is InChI=1S/C11H14ClNO2/c1-2-15-11(14)7-10(13)8-5-3-4-6-9(8)12/h3-6,10H,2,7,13H2,1H3/t10-/m1/s1. The van der Waals surface area contributed by atoms with Gasteiger partial charge in [0.25, 0.3) is 0 Å². The summed E-state index contributed by atoms with van der Waals surface area (Å²) >= 11 is 5.95. The van der Waals surface area contributed by atoms with Gasteiger partial charge in [0.1, 0.15) is 0 Å². The highest BCUT2D eigenvalue weighted by Gasteiger charge is 2.14. The molecule has 0 heterocycles. The average Bonchev–Trinajstić information content (AvgIpc) is 2.18. The highest BCUT2D eigenvalue weighted by Crippen LogP contribution is 2.23. The summed E-state index contributed by atoms with van der Waals surface area (Å²) < 4.78 is 4.81. The highest BCUT2D eigenvalue weighted by atomic mass is 35.5. The van der Waals surface area contributed by atoms with Crippen LogP contribution in [0.15, 0.2) is 24.3 Å². The zero-order valence-electron chi connectivity index (χ0n) is 8.57. The molecule has 15 heavy (non-hydrogen) atoms. The van der Waals surface area contributed by atoms with Gasteiger partial charge < -0.3 is 10.5 Å². The predicted molar refractivity (Wildman–Crippen MR) is 59.6 cm³/mol. The first kappa shape index (κ1) is 12.0. The van der Waals surface area contributed by atoms with E-state index in [1.165, 1.54) is 0 Å². The lowest BCUT2D eigenvalue weighted by molar-refractivity contribution is -0.143. The third-order valence-corrected chi connectivity index (χ3v) is 2.34. The van der Waals surface area contributed by atoms with E-state index in [1.54, 1.807) is 13.0 Å². The quantitative estimate of drug-likeness (QED) is 0.803. The molecule has 0 fully saturated rings. The molecule has 0 amide bonds. The fourth-order valence-corrected chi connectivity index (χ4v) is 1.56. The summed E-state index contributed by atoms with van der Waals surface area (Å²) in [4.78, 5) is 11.2. The van der Waals surface area contributed by atoms with Crippen LogP contribution in [0.3, 0.4) is 0 Å². The Morgan fingerprint density at radius 3 is 2.80 bits per heavy atom. The Labute approximate surface area is 94.2 Å². The minimum atomic E-state index is -0.405. The predicted octanol–water partition coefficient (Wildman–Crippen LogP) is 2.29. The lowest BCUT2D eigenvalue weighted by Crippen LogP contribution is -2.17. The van der Waals surface area contributed by atoms with Gasteiger partial charge in [-0.15, -0.1) is 0 Å². The SMILES string of the molecule is CCOC(=O)C[C@@H](N)c1ccccc1Cl. The summed E-state index contributed by atoms with van der Waals surface area (Å²) in [6.07, 6.45) is 0.150. The first-order chi connectivity index (χ1) is 7.15. The molecular formula is C11H14ClNO2. The van der Waals surface area contributed by atoms with Crippen LogP contribution in [0, 0.1) is 0 Å². The molecule has 0 aliphatic heterocycles. The smallest absolute Gasteiger partial charge is 0.307 e. The monoisotopic (exact) mass is 227 g/mol. The van der Waals surface area contributed by atoms with Crippen LogP contribution in [-0.4, -0.2) is 12.6 Å². The maximum absolute atomic E-state index is 11.2. The van der Waals surface area contributed by atoms with E-state index in [2.05, 4.69) is 0 Å². The molecule has 0 aliphatic rings. The molecule has 0 aromatic heterocycles. The van der Waals surface area contributed by atoms with Crippen molar-refractivity contribution in [1.29, 1.82) is 0 Å². The second-order valence-electron chi connectivity index (χ2n) is 3.14. The van der Waals surface area contributed by atoms with Crippen molar-refractivity contribution < 1.29 is 9.53 Å². The van der Waals surface area contributed by atoms with Gasteiger partial charge in [-0.25, -0.2) is 0 Å². The van der Waals surface area contributed by atoms with Crippen LogP contribution in [0.4, 0.5) is 0 Å². The van der Waals surface area contributed by atoms with Crippen molar-refractivity contribution in [2.45, 2.75) is 19.4 Å². The minimum Gasteiger partial charge on any atom is -0.466 e. The van der Waals surface area contributed by atoms with E-state index in [1.807, 2.05) is 18.2 Å². The molecule has 0 bridgehead atoms. The third kappa shape index (κ3) is 3.53. The molecule has 1 rings (SSSR count). The number of carbonyl (C=O) groups is 1. The number of ether oxygens (including phenoxy) is 1. The Hall–Kier alpha value is -1.06. The van der Waals surface area contributed by atoms with E-state index in [-0.39, 0.29) is 12.4 Å². The van der Waals surface area contributed by atoms with E-state index >= 15 is 0 Å². The van der Waals surface area contributed by atoms with Gasteiger partial charge in [-0.2, -0.15) is 0 Å². The number of halogens is 1. The van der Waals surface area contributed by atoms with Gasteiger partial charge >= 0.3 is 5.97 Å². The highest BCUT2D eigenvalue weighted by molar-refractivity contribution is 6.31. The van der Waals surface area contributed by atoms with Crippen LogP contribution in [-0.2, 0) is 9.53 Å². The maximum Gasteiger partial charge on any atom is 0.307 e. The molecule has 4 heteroatoms. The van der Waals surface area contributed by atoms with Gasteiger partial charge in [0.15, 0.2) is 0 Å². The number of hydrogen-bond acceptors (Lipinski definition) is 3. The molecule has 0 saturated carbocycles. The molecule has 82 valence electrons. The van der Waals surface area contributed by atoms with E-state index in [0.717, 1.165) is 5.56 Å². The van der Waals surface area contributed by atoms with Crippen molar-refractivity contribution in [3.8, 4) is 0 Å². The summed E-state index contributed by atoms with van der Waals surface area (Å²) in [7, 11) is 0. The first-order valence-electron chi connectivity index (χ1n) is 4.80. The van der Waals surface area contributed by atoms with E-state index in [4.69, 9.17) is 22.1 Å². The van der Waals surface area contributed by atoms with Crippen molar-refractivity contribution >= 4 is 17.6 Å². The second kappa shape index (κ2) is 5.73. The molecule has 0 spiro atoms. The Morgan fingerprint density at radius 1 is 1.53 bits per heavy atom. The zero-order valence-corrected chi connectivity index (χ0v) is 9.33. The fourth-order valence-electron chi connectivity index (χ4n) is 1.29. The lowest BCUT2D eigenvalue weighted by atomic mass is 10.1. The third-order valence-electron chi connectivity index (χ3n) is 2.00. The molecule has 1 aromatic rings. The minimum absolute atomic E-state index is 0.150. The Kier molecular flexibility index (Phi) is 4.59. The van der Waals surface area contributed by atoms with Gasteiger partial charge in [0.05, 0.1) is 13.0 Å². The Morgan fingerprint density at radius 2 is 2.20 bits per heavy atom. The average molecular weight is 228 g/mol. The van der Waals surface area contributed by atoms with E-state index in [0.29, 0.717) is 11.6 Å². The molecule has 0 unspecified atom stereocenters. The first-order valence-corrected chi connectivity index (χ1v) is 5.18. The van der Waals surface area contributed by atoms with E-state index in [9.17, 15) is 4.79 Å². The Balaban J connectivity index is 2.65. The van der Waals surface area contributed by atoms with Crippen LogP contribution in [0.1, 0.15) is 24.9 Å². The van der Waals surface area contributed by atoms with Crippen molar-refractivity contribution in [3.05, 3.63) is 34.9 Å². The van der Waals surface area contributed by atoms with Crippen molar-refractivity contribution in [3.63, 3.8) is 0 Å². The summed E-state index contributed by atoms with van der Waals surface area (Å²) in [6, 6.07) is 6.82. The molecule has 1 atom stereocenters. The number of nitrogens with two attached hydrogens (primary N) is 1. The molecule has 0 saturated heterocycles. The molecule has 1 aromatic carbocycles. The van der Waals surface area contributed by atoms with Crippen LogP contribution >= 0.6 is 11.6 Å². The number of carbonyl (C=O) groups excluding carboxylic acids is 1. The van der Waals surface area contributed by atoms with Gasteiger partial charge in [-0.1, -0.05) is 29.8 Å². The maximum atomic E-state index is 11.2. The van der Waals surface area contributed by atoms with Crippen molar-refractivity contribution in [2.24, 2.45) is 5.73 Å². The largest absolute Gasteiger partial charge is 0.466 e. The summed E-state index contributed by atoms with van der Waals surface area (Å²) in [5.41, 5.74) is 6.61. The lowest BCUT2D eigenvalue weighted by Gasteiger charge is -2.12. The summed E-state index contributed by atoms with van der Waals surface area (Å²) in [5, 5.41) is 0.578. The van der Waals surface area contributed by atoms with Gasteiger partial charge in [0, 0.05) is 11.1 Å². The van der Waals surface area contributed by atoms with Crippen molar-refractivity contribution in [2.75, 3.05) is 6.61 Å². The molecule has 0 radical (unpaired) electrons. The molecule has 2 N–H and O–H groups in total. The number of hydrogen-bond donors (Lipinski definition) is 1. The number of rotatable bonds is 4. The van der Waals surface area contributed by atoms with E-state index < -0.39 is 6.04 Å². The van der Waals surface area contributed by atoms with Gasteiger partial charge in [-0.3, -0.25) is 4.79 Å². The topological polar surface area (TPSA) is 52.3 Å². The van der Waals surface area contributed by atoms with Crippen molar-refractivity contribution in [1.82, 2.24) is 0 Å².